The van der Waals surface area contributed by atoms with Gasteiger partial charge in [0.2, 0.25) is 0 Å². The van der Waals surface area contributed by atoms with Crippen LogP contribution in [0.4, 0.5) is 0 Å². The van der Waals surface area contributed by atoms with Gasteiger partial charge in [0.25, 0.3) is 0 Å². The molecule has 0 radical (unpaired) electrons. The first-order chi connectivity index (χ1) is 49.5. The molecule has 466 valence electrons. The third-order valence-electron chi connectivity index (χ3n) is 19.5. The molecule has 0 amide bonds. The molecule has 0 atom stereocenters. The highest BCUT2D eigenvalue weighted by Gasteiger charge is 2.21. The standard InChI is InChI=1S/C90H54N8S2/c1-5-17-55(18-6-1)63-40-46-79-74(49-63)70-26-14-16-28-78(70)97(79)67-41-47-81-75(53-67)72-44-39-66(52-83(72)99-81)90-95-87(61-23-11-4-12-24-61)92-88(96-90)62-35-33-57(34-36-62)56-29-31-58(32-30-56)64-37-43-71-69-25-13-15-27-77(69)98(80(71)50-64)68-42-48-82-76(54-68)73-45-38-65(51-84(73)100-82)89-93-85(59-19-7-2-8-20-59)91-86(94-89)60-21-9-3-10-22-60/h1-54H. The largest absolute Gasteiger partial charge is 0.309 e. The van der Waals surface area contributed by atoms with E-state index in [1.54, 1.807) is 22.7 Å². The van der Waals surface area contributed by atoms with Gasteiger partial charge in [-0.1, -0.05) is 249 Å². The van der Waals surface area contributed by atoms with Crippen molar-refractivity contribution in [3.63, 3.8) is 0 Å². The third-order valence-corrected chi connectivity index (χ3v) is 21.7. The molecule has 0 aliphatic rings. The highest BCUT2D eigenvalue weighted by Crippen LogP contribution is 2.44. The number of fused-ring (bicyclic) bond motifs is 12. The van der Waals surface area contributed by atoms with Crippen LogP contribution in [-0.2, 0) is 0 Å². The molecule has 0 saturated carbocycles. The first-order valence-electron chi connectivity index (χ1n) is 33.5. The molecule has 0 bridgehead atoms. The number of thiophene rings is 2. The van der Waals surface area contributed by atoms with Gasteiger partial charge in [0.1, 0.15) is 0 Å². The van der Waals surface area contributed by atoms with E-state index in [1.807, 2.05) is 78.9 Å². The first-order valence-corrected chi connectivity index (χ1v) is 35.1. The van der Waals surface area contributed by atoms with Crippen LogP contribution in [0.15, 0.2) is 328 Å². The van der Waals surface area contributed by atoms with Crippen molar-refractivity contribution in [3.8, 4) is 113 Å². The Balaban J connectivity index is 0.596. The lowest BCUT2D eigenvalue weighted by Gasteiger charge is -2.11. The van der Waals surface area contributed by atoms with Crippen LogP contribution in [0, 0.1) is 0 Å². The zero-order valence-electron chi connectivity index (χ0n) is 53.6. The Morgan fingerprint density at radius 3 is 0.960 bits per heavy atom. The molecule has 8 nitrogen and oxygen atoms in total. The minimum absolute atomic E-state index is 0.618. The van der Waals surface area contributed by atoms with Crippen molar-refractivity contribution in [2.75, 3.05) is 0 Å². The zero-order valence-corrected chi connectivity index (χ0v) is 55.2. The van der Waals surface area contributed by atoms with Crippen LogP contribution in [0.2, 0.25) is 0 Å². The molecule has 0 aliphatic carbocycles. The molecule has 20 aromatic rings. The summed E-state index contributed by atoms with van der Waals surface area (Å²) < 4.78 is 9.63. The highest BCUT2D eigenvalue weighted by atomic mass is 32.1. The van der Waals surface area contributed by atoms with Gasteiger partial charge in [0, 0.05) is 107 Å². The minimum atomic E-state index is 0.618. The molecular formula is C90H54N8S2. The molecule has 100 heavy (non-hydrogen) atoms. The lowest BCUT2D eigenvalue weighted by molar-refractivity contribution is 1.07. The van der Waals surface area contributed by atoms with E-state index in [1.165, 1.54) is 84.0 Å². The number of hydrogen-bond acceptors (Lipinski definition) is 8. The molecular weight excluding hydrogens is 1260 g/mol. The fourth-order valence-electron chi connectivity index (χ4n) is 14.5. The summed E-state index contributed by atoms with van der Waals surface area (Å²) in [5, 5.41) is 9.73. The molecule has 0 unspecified atom stereocenters. The number of hydrogen-bond donors (Lipinski definition) is 0. The van der Waals surface area contributed by atoms with Crippen LogP contribution in [0.5, 0.6) is 0 Å². The molecule has 20 rings (SSSR count). The first kappa shape index (κ1) is 57.4. The summed E-state index contributed by atoms with van der Waals surface area (Å²) in [7, 11) is 0. The second kappa shape index (κ2) is 23.5. The molecule has 14 aromatic carbocycles. The van der Waals surface area contributed by atoms with E-state index in [4.69, 9.17) is 29.9 Å². The highest BCUT2D eigenvalue weighted by molar-refractivity contribution is 7.26. The van der Waals surface area contributed by atoms with Gasteiger partial charge in [-0.05, 0) is 112 Å². The van der Waals surface area contributed by atoms with Gasteiger partial charge in [-0.25, -0.2) is 29.9 Å². The Hall–Kier alpha value is -12.9. The molecule has 0 N–H and O–H groups in total. The zero-order chi connectivity index (χ0) is 65.8. The Bertz CT molecular complexity index is 6560. The van der Waals surface area contributed by atoms with Crippen LogP contribution in [-0.4, -0.2) is 39.0 Å². The summed E-state index contributed by atoms with van der Waals surface area (Å²) in [4.78, 5) is 30.5. The van der Waals surface area contributed by atoms with Crippen molar-refractivity contribution < 1.29 is 0 Å². The van der Waals surface area contributed by atoms with E-state index in [0.29, 0.717) is 34.9 Å². The number of aromatic nitrogens is 8. The number of benzene rings is 14. The smallest absolute Gasteiger partial charge is 0.164 e. The molecule has 6 aromatic heterocycles. The molecule has 0 saturated heterocycles. The van der Waals surface area contributed by atoms with E-state index >= 15 is 0 Å². The van der Waals surface area contributed by atoms with Gasteiger partial charge in [0.15, 0.2) is 34.9 Å². The quantitative estimate of drug-likeness (QED) is 0.128. The number of para-hydroxylation sites is 2. The van der Waals surface area contributed by atoms with Crippen molar-refractivity contribution in [2.24, 2.45) is 0 Å². The second-order valence-corrected chi connectivity index (χ2v) is 27.6. The predicted octanol–water partition coefficient (Wildman–Crippen LogP) is 24.0. The van der Waals surface area contributed by atoms with Gasteiger partial charge >= 0.3 is 0 Å². The second-order valence-electron chi connectivity index (χ2n) is 25.4. The molecule has 0 spiro atoms. The molecule has 0 fully saturated rings. The van der Waals surface area contributed by atoms with Crippen molar-refractivity contribution in [2.45, 2.75) is 0 Å². The average Bonchev–Trinajstić information content (AvgIpc) is 1.58. The van der Waals surface area contributed by atoms with Gasteiger partial charge in [-0.3, -0.25) is 0 Å². The lowest BCUT2D eigenvalue weighted by atomic mass is 9.98. The fourth-order valence-corrected chi connectivity index (χ4v) is 16.8. The summed E-state index contributed by atoms with van der Waals surface area (Å²) >= 11 is 3.59. The summed E-state index contributed by atoms with van der Waals surface area (Å²) in [6.45, 7) is 0. The summed E-state index contributed by atoms with van der Waals surface area (Å²) in [5.74, 6) is 3.81. The van der Waals surface area contributed by atoms with Crippen LogP contribution in [0.25, 0.3) is 197 Å². The fraction of sp³-hybridized carbons (Fsp3) is 0. The lowest BCUT2D eigenvalue weighted by Crippen LogP contribution is -2.00. The maximum Gasteiger partial charge on any atom is 0.164 e. The van der Waals surface area contributed by atoms with Crippen LogP contribution in [0.1, 0.15) is 0 Å². The van der Waals surface area contributed by atoms with Crippen molar-refractivity contribution in [1.82, 2.24) is 39.0 Å². The summed E-state index contributed by atoms with van der Waals surface area (Å²) in [6.07, 6.45) is 0. The van der Waals surface area contributed by atoms with E-state index in [0.717, 1.165) is 78.0 Å². The third kappa shape index (κ3) is 9.87. The molecule has 10 heteroatoms. The number of nitrogens with zero attached hydrogens (tertiary/aromatic N) is 8. The maximum atomic E-state index is 5.23. The van der Waals surface area contributed by atoms with E-state index in [9.17, 15) is 0 Å². The maximum absolute atomic E-state index is 5.23. The van der Waals surface area contributed by atoms with Crippen LogP contribution < -0.4 is 0 Å². The van der Waals surface area contributed by atoms with Crippen molar-refractivity contribution in [1.29, 1.82) is 0 Å². The Morgan fingerprint density at radius 2 is 0.480 bits per heavy atom. The predicted molar refractivity (Wildman–Crippen MR) is 417 cm³/mol. The Kier molecular flexibility index (Phi) is 13.5. The molecule has 0 aliphatic heterocycles. The summed E-state index contributed by atoms with van der Waals surface area (Å²) in [5.41, 5.74) is 19.5. The number of rotatable bonds is 11. The van der Waals surface area contributed by atoms with E-state index in [-0.39, 0.29) is 0 Å². The van der Waals surface area contributed by atoms with Crippen molar-refractivity contribution in [3.05, 3.63) is 328 Å². The van der Waals surface area contributed by atoms with E-state index in [2.05, 4.69) is 258 Å². The van der Waals surface area contributed by atoms with Crippen molar-refractivity contribution >= 4 is 107 Å². The van der Waals surface area contributed by atoms with Gasteiger partial charge in [0.05, 0.1) is 22.1 Å². The molecule has 6 heterocycles. The average molecular weight is 1310 g/mol. The Morgan fingerprint density at radius 1 is 0.170 bits per heavy atom. The topological polar surface area (TPSA) is 87.2 Å². The van der Waals surface area contributed by atoms with Gasteiger partial charge < -0.3 is 9.13 Å². The van der Waals surface area contributed by atoms with Gasteiger partial charge in [-0.2, -0.15) is 0 Å². The van der Waals surface area contributed by atoms with E-state index < -0.39 is 0 Å². The SMILES string of the molecule is c1ccc(-c2ccc3c(c2)c2ccccc2n3-c2ccc3sc4cc(-c5nc(-c6ccccc6)nc(-c6ccc(-c7ccc(-c8ccc9c%10ccccc%10n(-c%10ccc%11sc%12cc(-c%13nc(-c%14ccccc%14)nc(-c%14ccccc%14)n%13)ccc%12c%11c%10)c9c8)cc7)cc6)n5)ccc4c3c2)cc1. The minimum Gasteiger partial charge on any atom is -0.309 e. The Labute approximate surface area is 582 Å². The van der Waals surface area contributed by atoms with Crippen LogP contribution >= 0.6 is 22.7 Å². The monoisotopic (exact) mass is 1310 g/mol. The van der Waals surface area contributed by atoms with Crippen LogP contribution in [0.3, 0.4) is 0 Å². The van der Waals surface area contributed by atoms with Gasteiger partial charge in [-0.15, -0.1) is 22.7 Å². The summed E-state index contributed by atoms with van der Waals surface area (Å²) in [6, 6.07) is 117. The normalized spacial score (nSPS) is 11.8.